The zero-order valence-corrected chi connectivity index (χ0v) is 18.6. The summed E-state index contributed by atoms with van der Waals surface area (Å²) in [6, 6.07) is 3.88. The van der Waals surface area contributed by atoms with Crippen molar-refractivity contribution < 1.29 is 29.3 Å². The molecule has 34 heavy (non-hydrogen) atoms. The minimum absolute atomic E-state index is 0.195. The van der Waals surface area contributed by atoms with E-state index >= 15 is 0 Å². The number of nitrogens with two attached hydrogens (primary N) is 1. The number of rotatable bonds is 8. The summed E-state index contributed by atoms with van der Waals surface area (Å²) in [6.45, 7) is -0.305. The lowest BCUT2D eigenvalue weighted by atomic mass is 10.1. The van der Waals surface area contributed by atoms with E-state index in [-0.39, 0.29) is 6.54 Å². The molecule has 180 valence electrons. The van der Waals surface area contributed by atoms with Crippen molar-refractivity contribution in [3.63, 3.8) is 0 Å². The van der Waals surface area contributed by atoms with Gasteiger partial charge in [0.05, 0.1) is 12.4 Å². The molecule has 4 atom stereocenters. The number of ether oxygens (including phenoxy) is 2. The van der Waals surface area contributed by atoms with Crippen LogP contribution in [0.25, 0.3) is 11.2 Å². The Kier molecular flexibility index (Phi) is 6.79. The number of carbonyl (C=O) groups is 2. The van der Waals surface area contributed by atoms with Crippen molar-refractivity contribution in [2.75, 3.05) is 19.0 Å². The number of carbonyl (C=O) groups excluding carboxylic acids is 1. The molecule has 2 aromatic heterocycles. The average molecular weight is 492 g/mol. The van der Waals surface area contributed by atoms with Gasteiger partial charge in [-0.2, -0.15) is 0 Å². The molecule has 6 N–H and O–H groups in total. The van der Waals surface area contributed by atoms with Crippen LogP contribution in [0.15, 0.2) is 30.9 Å². The first-order valence-corrected chi connectivity index (χ1v) is 10.5. The maximum atomic E-state index is 12.0. The first kappa shape index (κ1) is 23.6. The number of aliphatic hydroxyl groups excluding tert-OH is 1. The van der Waals surface area contributed by atoms with Gasteiger partial charge in [0, 0.05) is 24.2 Å². The monoisotopic (exact) mass is 491 g/mol. The highest BCUT2D eigenvalue weighted by Crippen LogP contribution is 2.32. The Balaban J connectivity index is 1.57. The van der Waals surface area contributed by atoms with Gasteiger partial charge in [0.1, 0.15) is 18.2 Å². The number of imidazole rings is 1. The summed E-state index contributed by atoms with van der Waals surface area (Å²) in [5.74, 6) is -0.830. The second-order valence-corrected chi connectivity index (χ2v) is 7.90. The number of aliphatic carboxylic acids is 1. The SMILES string of the molecule is CNC(=O)[C@H]1O[C@@H](n2cnc3c(NCc4cc(Cl)ccc4OCC(=O)O)ncnc32)[C@H](O)[C@@H]1N. The van der Waals surface area contributed by atoms with Crippen LogP contribution in [-0.2, 0) is 20.9 Å². The molecule has 14 heteroatoms. The highest BCUT2D eigenvalue weighted by molar-refractivity contribution is 6.30. The molecule has 3 heterocycles. The molecule has 1 amide bonds. The molecule has 3 aromatic rings. The maximum Gasteiger partial charge on any atom is 0.341 e. The molecule has 1 aromatic carbocycles. The van der Waals surface area contributed by atoms with Crippen molar-refractivity contribution in [2.45, 2.75) is 31.0 Å². The number of nitrogens with zero attached hydrogens (tertiary/aromatic N) is 4. The summed E-state index contributed by atoms with van der Waals surface area (Å²) in [5.41, 5.74) is 7.31. The zero-order chi connectivity index (χ0) is 24.4. The summed E-state index contributed by atoms with van der Waals surface area (Å²) < 4.78 is 12.5. The van der Waals surface area contributed by atoms with Crippen molar-refractivity contribution in [1.29, 1.82) is 0 Å². The molecule has 0 saturated carbocycles. The van der Waals surface area contributed by atoms with E-state index in [4.69, 9.17) is 31.9 Å². The first-order valence-electron chi connectivity index (χ1n) is 10.1. The molecule has 1 fully saturated rings. The second-order valence-electron chi connectivity index (χ2n) is 7.46. The molecular weight excluding hydrogens is 470 g/mol. The molecule has 1 saturated heterocycles. The number of fused-ring (bicyclic) bond motifs is 1. The van der Waals surface area contributed by atoms with Crippen LogP contribution >= 0.6 is 11.6 Å². The van der Waals surface area contributed by atoms with Gasteiger partial charge in [-0.15, -0.1) is 0 Å². The van der Waals surface area contributed by atoms with Gasteiger partial charge in [-0.1, -0.05) is 11.6 Å². The van der Waals surface area contributed by atoms with Crippen LogP contribution in [0.4, 0.5) is 5.82 Å². The number of halogens is 1. The largest absolute Gasteiger partial charge is 0.482 e. The van der Waals surface area contributed by atoms with E-state index in [1.165, 1.54) is 24.3 Å². The minimum Gasteiger partial charge on any atom is -0.482 e. The fourth-order valence-electron chi connectivity index (χ4n) is 3.61. The molecule has 0 spiro atoms. The number of nitrogens with one attached hydrogen (secondary N) is 2. The standard InChI is InChI=1S/C20H22ClN7O6/c1-23-19(32)16-13(22)15(31)20(34-16)28-8-27-14-17(25-7-26-18(14)28)24-5-9-4-10(21)2-3-11(9)33-6-12(29)30/h2-4,7-8,13,15-16,20,31H,5-6,22H2,1H3,(H,23,32)(H,29,30)(H,24,25,26)/t13-,15+,16-,20+/m0/s1. The number of carboxylic acids is 1. The van der Waals surface area contributed by atoms with Gasteiger partial charge >= 0.3 is 5.97 Å². The lowest BCUT2D eigenvalue weighted by molar-refractivity contribution is -0.139. The average Bonchev–Trinajstić information content (AvgIpc) is 3.37. The fraction of sp³-hybridized carbons (Fsp3) is 0.350. The molecule has 13 nitrogen and oxygen atoms in total. The van der Waals surface area contributed by atoms with Gasteiger partial charge in [-0.3, -0.25) is 9.36 Å². The third-order valence-corrected chi connectivity index (χ3v) is 5.51. The van der Waals surface area contributed by atoms with Crippen molar-refractivity contribution in [3.8, 4) is 5.75 Å². The molecule has 0 unspecified atom stereocenters. The number of amides is 1. The Hall–Kier alpha value is -3.52. The highest BCUT2D eigenvalue weighted by atomic mass is 35.5. The lowest BCUT2D eigenvalue weighted by Crippen LogP contribution is -2.46. The molecule has 4 rings (SSSR count). The summed E-state index contributed by atoms with van der Waals surface area (Å²) in [5, 5.41) is 25.5. The second kappa shape index (κ2) is 9.77. The number of hydrogen-bond acceptors (Lipinski definition) is 10. The summed E-state index contributed by atoms with van der Waals surface area (Å²) in [4.78, 5) is 35.7. The van der Waals surface area contributed by atoms with Crippen molar-refractivity contribution >= 4 is 40.5 Å². The molecule has 1 aliphatic rings. The van der Waals surface area contributed by atoms with E-state index in [2.05, 4.69) is 25.6 Å². The van der Waals surface area contributed by atoms with Crippen LogP contribution in [0.3, 0.4) is 0 Å². The predicted octanol–water partition coefficient (Wildman–Crippen LogP) is -0.113. The van der Waals surface area contributed by atoms with Crippen LogP contribution in [0.2, 0.25) is 5.02 Å². The molecule has 0 bridgehead atoms. The summed E-state index contributed by atoms with van der Waals surface area (Å²) in [7, 11) is 1.45. The minimum atomic E-state index is -1.17. The van der Waals surface area contributed by atoms with Crippen molar-refractivity contribution in [1.82, 2.24) is 24.8 Å². The van der Waals surface area contributed by atoms with Gasteiger partial charge < -0.3 is 36.1 Å². The molecule has 0 radical (unpaired) electrons. The lowest BCUT2D eigenvalue weighted by Gasteiger charge is -2.16. The first-order chi connectivity index (χ1) is 16.3. The van der Waals surface area contributed by atoms with E-state index in [0.717, 1.165) is 0 Å². The Morgan fingerprint density at radius 3 is 2.85 bits per heavy atom. The van der Waals surface area contributed by atoms with Gasteiger partial charge in [-0.25, -0.2) is 19.7 Å². The Morgan fingerprint density at radius 1 is 1.32 bits per heavy atom. The van der Waals surface area contributed by atoms with E-state index < -0.39 is 43.0 Å². The van der Waals surface area contributed by atoms with Gasteiger partial charge in [0.2, 0.25) is 0 Å². The zero-order valence-electron chi connectivity index (χ0n) is 17.9. The van der Waals surface area contributed by atoms with Crippen LogP contribution in [0.1, 0.15) is 11.8 Å². The quantitative estimate of drug-likeness (QED) is 0.283. The van der Waals surface area contributed by atoms with E-state index in [9.17, 15) is 14.7 Å². The van der Waals surface area contributed by atoms with Crippen LogP contribution < -0.4 is 21.1 Å². The van der Waals surface area contributed by atoms with Crippen LogP contribution in [0, 0.1) is 0 Å². The van der Waals surface area contributed by atoms with Crippen LogP contribution in [0.5, 0.6) is 5.75 Å². The Morgan fingerprint density at radius 2 is 2.12 bits per heavy atom. The van der Waals surface area contributed by atoms with E-state index in [0.29, 0.717) is 33.3 Å². The van der Waals surface area contributed by atoms with Gasteiger partial charge in [0.25, 0.3) is 5.91 Å². The molecular formula is C20H22ClN7O6. The topological polar surface area (TPSA) is 187 Å². The maximum absolute atomic E-state index is 12.0. The number of aromatic nitrogens is 4. The van der Waals surface area contributed by atoms with Crippen LogP contribution in [-0.4, -0.2) is 73.5 Å². The number of hydrogen-bond donors (Lipinski definition) is 5. The summed E-state index contributed by atoms with van der Waals surface area (Å²) >= 11 is 6.09. The molecule has 0 aliphatic carbocycles. The van der Waals surface area contributed by atoms with Crippen molar-refractivity contribution in [2.24, 2.45) is 5.73 Å². The number of aliphatic hydroxyl groups is 1. The third kappa shape index (κ3) is 4.59. The van der Waals surface area contributed by atoms with Gasteiger partial charge in [0.15, 0.2) is 35.9 Å². The van der Waals surface area contributed by atoms with E-state index in [1.807, 2.05) is 0 Å². The highest BCUT2D eigenvalue weighted by Gasteiger charge is 2.46. The molecule has 1 aliphatic heterocycles. The Bertz CT molecular complexity index is 1220. The predicted molar refractivity (Wildman–Crippen MR) is 119 cm³/mol. The number of likely N-dealkylation sites (N-methyl/N-ethyl adjacent to an activating group) is 1. The van der Waals surface area contributed by atoms with Crippen molar-refractivity contribution in [3.05, 3.63) is 41.4 Å². The normalized spacial score (nSPS) is 22.0. The summed E-state index contributed by atoms with van der Waals surface area (Å²) in [6.07, 6.45) is -0.465. The number of anilines is 1. The number of carboxylic acid groups (broad SMARTS) is 1. The fourth-order valence-corrected chi connectivity index (χ4v) is 3.81. The smallest absolute Gasteiger partial charge is 0.341 e. The van der Waals surface area contributed by atoms with E-state index in [1.54, 1.807) is 18.2 Å². The number of benzene rings is 1. The van der Waals surface area contributed by atoms with Gasteiger partial charge in [-0.05, 0) is 18.2 Å². The Labute approximate surface area is 197 Å². The third-order valence-electron chi connectivity index (χ3n) is 5.28.